The Kier molecular flexibility index (Phi) is 6.77. The number of thioether (sulfide) groups is 1. The Labute approximate surface area is 220 Å². The van der Waals surface area contributed by atoms with Crippen molar-refractivity contribution in [1.29, 1.82) is 5.41 Å². The van der Waals surface area contributed by atoms with E-state index in [1.54, 1.807) is 5.01 Å². The first-order chi connectivity index (χ1) is 17.3. The van der Waals surface area contributed by atoms with E-state index >= 15 is 0 Å². The van der Waals surface area contributed by atoms with E-state index in [9.17, 15) is 14.0 Å². The number of amidine groups is 1. The van der Waals surface area contributed by atoms with Crippen LogP contribution in [0.2, 0.25) is 0 Å². The van der Waals surface area contributed by atoms with Gasteiger partial charge in [0.2, 0.25) is 11.8 Å². The molecule has 2 atom stereocenters. The van der Waals surface area contributed by atoms with E-state index in [0.717, 1.165) is 43.5 Å². The van der Waals surface area contributed by atoms with E-state index in [4.69, 9.17) is 10.5 Å². The van der Waals surface area contributed by atoms with Gasteiger partial charge in [0.15, 0.2) is 5.17 Å². The summed E-state index contributed by atoms with van der Waals surface area (Å²) >= 11 is 4.50. The second kappa shape index (κ2) is 9.99. The van der Waals surface area contributed by atoms with Crippen molar-refractivity contribution in [1.82, 2.24) is 5.01 Å². The summed E-state index contributed by atoms with van der Waals surface area (Å²) < 4.78 is 14.3. The highest BCUT2D eigenvalue weighted by molar-refractivity contribution is 9.10. The zero-order valence-electron chi connectivity index (χ0n) is 19.3. The molecule has 2 aliphatic rings. The monoisotopic (exact) mass is 564 g/mol. The van der Waals surface area contributed by atoms with Crippen LogP contribution in [0.4, 0.5) is 10.1 Å². The number of rotatable bonds is 4. The Morgan fingerprint density at radius 2 is 1.67 bits per heavy atom. The predicted molar refractivity (Wildman–Crippen MR) is 144 cm³/mol. The molecule has 2 heterocycles. The van der Waals surface area contributed by atoms with E-state index in [-0.39, 0.29) is 23.5 Å². The van der Waals surface area contributed by atoms with Gasteiger partial charge in [0.1, 0.15) is 11.1 Å². The van der Waals surface area contributed by atoms with Crippen LogP contribution >= 0.6 is 27.7 Å². The molecular weight excluding hydrogens is 543 g/mol. The first kappa shape index (κ1) is 24.4. The van der Waals surface area contributed by atoms with Gasteiger partial charge >= 0.3 is 0 Å². The maximum Gasteiger partial charge on any atom is 0.247 e. The minimum Gasteiger partial charge on any atom is -0.277 e. The highest BCUT2D eigenvalue weighted by Crippen LogP contribution is 2.38. The molecule has 0 unspecified atom stereocenters. The van der Waals surface area contributed by atoms with Gasteiger partial charge in [0.05, 0.1) is 17.4 Å². The Balaban J connectivity index is 1.39. The highest BCUT2D eigenvalue weighted by atomic mass is 79.9. The van der Waals surface area contributed by atoms with Crippen LogP contribution in [0.25, 0.3) is 0 Å². The van der Waals surface area contributed by atoms with Gasteiger partial charge in [-0.05, 0) is 54.4 Å². The highest BCUT2D eigenvalue weighted by Gasteiger charge is 2.42. The van der Waals surface area contributed by atoms with Gasteiger partial charge in [-0.25, -0.2) is 14.3 Å². The average Bonchev–Trinajstić information content (AvgIpc) is 3.42. The van der Waals surface area contributed by atoms with Gasteiger partial charge in [-0.15, -0.1) is 0 Å². The Morgan fingerprint density at radius 3 is 2.33 bits per heavy atom. The lowest BCUT2D eigenvalue weighted by Crippen LogP contribution is -2.32. The predicted octanol–water partition coefficient (Wildman–Crippen LogP) is 6.05. The molecule has 0 bridgehead atoms. The molecule has 36 heavy (non-hydrogen) atoms. The maximum atomic E-state index is 13.3. The van der Waals surface area contributed by atoms with Crippen molar-refractivity contribution in [2.24, 2.45) is 5.10 Å². The van der Waals surface area contributed by atoms with Crippen molar-refractivity contribution in [3.05, 3.63) is 99.8 Å². The zero-order chi connectivity index (χ0) is 25.4. The van der Waals surface area contributed by atoms with Crippen LogP contribution in [0.15, 0.2) is 82.4 Å². The molecule has 6 nitrogen and oxygen atoms in total. The largest absolute Gasteiger partial charge is 0.277 e. The second-order valence-electron chi connectivity index (χ2n) is 8.69. The number of aryl methyl sites for hydroxylation is 1. The minimum absolute atomic E-state index is 0.0332. The summed E-state index contributed by atoms with van der Waals surface area (Å²) in [6, 6.07) is 21.0. The fraction of sp³-hybridized carbons (Fsp3) is 0.185. The van der Waals surface area contributed by atoms with Crippen molar-refractivity contribution in [3.8, 4) is 0 Å². The van der Waals surface area contributed by atoms with E-state index in [1.165, 1.54) is 24.3 Å². The zero-order valence-corrected chi connectivity index (χ0v) is 21.7. The number of amides is 2. The van der Waals surface area contributed by atoms with Crippen LogP contribution in [-0.2, 0) is 9.59 Å². The number of nitrogens with one attached hydrogen (secondary N) is 1. The number of carbonyl (C=O) groups is 2. The van der Waals surface area contributed by atoms with Gasteiger partial charge in [-0.3, -0.25) is 15.0 Å². The molecule has 0 aliphatic carbocycles. The summed E-state index contributed by atoms with van der Waals surface area (Å²) in [6.45, 7) is 2.03. The molecule has 3 aromatic carbocycles. The van der Waals surface area contributed by atoms with Crippen molar-refractivity contribution < 1.29 is 14.0 Å². The fourth-order valence-electron chi connectivity index (χ4n) is 4.31. The number of hydrogen-bond donors (Lipinski definition) is 1. The van der Waals surface area contributed by atoms with E-state index in [2.05, 4.69) is 15.9 Å². The van der Waals surface area contributed by atoms with E-state index in [1.807, 2.05) is 55.5 Å². The Bertz CT molecular complexity index is 1360. The van der Waals surface area contributed by atoms with Crippen LogP contribution in [0.3, 0.4) is 0 Å². The maximum absolute atomic E-state index is 13.3. The molecule has 1 saturated heterocycles. The molecule has 182 valence electrons. The summed E-state index contributed by atoms with van der Waals surface area (Å²) in [5, 5.41) is 14.6. The van der Waals surface area contributed by atoms with Crippen LogP contribution in [0.5, 0.6) is 0 Å². The number of benzene rings is 3. The molecule has 9 heteroatoms. The lowest BCUT2D eigenvalue weighted by molar-refractivity contribution is -0.121. The number of hydrogen-bond acceptors (Lipinski definition) is 5. The van der Waals surface area contributed by atoms with Crippen LogP contribution < -0.4 is 4.90 Å². The molecule has 5 rings (SSSR count). The van der Waals surface area contributed by atoms with Gasteiger partial charge in [-0.1, -0.05) is 69.7 Å². The summed E-state index contributed by atoms with van der Waals surface area (Å²) in [6.07, 6.45) is 0.571. The molecule has 2 amide bonds. The van der Waals surface area contributed by atoms with Crippen molar-refractivity contribution in [2.45, 2.75) is 31.1 Å². The summed E-state index contributed by atoms with van der Waals surface area (Å²) in [7, 11) is 0. The Morgan fingerprint density at radius 1 is 1.00 bits per heavy atom. The van der Waals surface area contributed by atoms with E-state index < -0.39 is 17.0 Å². The molecule has 1 N–H and O–H groups in total. The van der Waals surface area contributed by atoms with Crippen molar-refractivity contribution in [2.75, 3.05) is 4.90 Å². The molecule has 0 saturated carbocycles. The third-order valence-corrected chi connectivity index (χ3v) is 7.79. The van der Waals surface area contributed by atoms with Gasteiger partial charge in [-0.2, -0.15) is 5.10 Å². The topological polar surface area (TPSA) is 76.8 Å². The number of nitrogens with zero attached hydrogens (tertiary/aromatic N) is 3. The molecule has 0 radical (unpaired) electrons. The first-order valence-electron chi connectivity index (χ1n) is 11.4. The molecule has 0 spiro atoms. The van der Waals surface area contributed by atoms with Gasteiger partial charge in [0.25, 0.3) is 0 Å². The fourth-order valence-corrected chi connectivity index (χ4v) is 5.55. The van der Waals surface area contributed by atoms with Crippen molar-refractivity contribution in [3.63, 3.8) is 0 Å². The lowest BCUT2D eigenvalue weighted by Gasteiger charge is -2.24. The third-order valence-electron chi connectivity index (χ3n) is 6.20. The number of halogens is 2. The second-order valence-corrected chi connectivity index (χ2v) is 10.8. The summed E-state index contributed by atoms with van der Waals surface area (Å²) in [4.78, 5) is 26.8. The average molecular weight is 565 g/mol. The minimum atomic E-state index is -0.751. The first-order valence-corrected chi connectivity index (χ1v) is 13.0. The molecule has 1 fully saturated rings. The van der Waals surface area contributed by atoms with Crippen LogP contribution in [-0.4, -0.2) is 33.0 Å². The molecule has 3 aromatic rings. The van der Waals surface area contributed by atoms with Crippen LogP contribution in [0.1, 0.15) is 35.6 Å². The lowest BCUT2D eigenvalue weighted by atomic mass is 9.98. The third kappa shape index (κ3) is 4.85. The normalized spacial score (nSPS) is 19.7. The number of anilines is 1. The number of carbonyl (C=O) groups excluding carboxylic acids is 2. The quantitative estimate of drug-likeness (QED) is 0.238. The summed E-state index contributed by atoms with van der Waals surface area (Å²) in [5.74, 6) is -1.23. The Hall–Kier alpha value is -3.30. The van der Waals surface area contributed by atoms with Gasteiger partial charge in [0, 0.05) is 17.3 Å². The van der Waals surface area contributed by atoms with Gasteiger partial charge < -0.3 is 0 Å². The SMILES string of the molecule is Cc1ccc(C2=NN(C(=N)S[C@@H]3CC(=O)N(c4ccc(F)cc4)C3=O)[C@@H](c3ccc(Br)cc3)C2)cc1. The standard InChI is InChI=1S/C27H22BrFN4O2S/c1-16-2-4-17(5-3-16)22-14-23(18-6-8-19(28)9-7-18)33(31-22)27(30)36-24-15-25(34)32(26(24)35)21-12-10-20(29)11-13-21/h2-13,23-24,30H,14-15H2,1H3/t23-,24-/m1/s1. The summed E-state index contributed by atoms with van der Waals surface area (Å²) in [5.41, 5.74) is 4.32. The molecule has 2 aliphatic heterocycles. The smallest absolute Gasteiger partial charge is 0.247 e. The van der Waals surface area contributed by atoms with E-state index in [0.29, 0.717) is 12.1 Å². The number of hydrazone groups is 1. The molecular formula is C27H22BrFN4O2S. The van der Waals surface area contributed by atoms with Crippen molar-refractivity contribution >= 4 is 56.1 Å². The molecule has 0 aromatic heterocycles. The number of imide groups is 1. The van der Waals surface area contributed by atoms with Crippen LogP contribution in [0, 0.1) is 18.2 Å².